The Morgan fingerprint density at radius 3 is 2.31 bits per heavy atom. The smallest absolute Gasteiger partial charge is 0.269 e. The number of benzene rings is 1. The van der Waals surface area contributed by atoms with Gasteiger partial charge in [0, 0.05) is 17.7 Å². The Bertz CT molecular complexity index is 459. The number of nitro groups is 1. The van der Waals surface area contributed by atoms with Crippen molar-refractivity contribution in [3.05, 3.63) is 33.9 Å². The van der Waals surface area contributed by atoms with Gasteiger partial charge in [-0.25, -0.2) is 4.21 Å². The Morgan fingerprint density at radius 1 is 1.38 bits per heavy atom. The predicted molar refractivity (Wildman–Crippen MR) is 70.6 cm³/mol. The Labute approximate surface area is 118 Å². The van der Waals surface area contributed by atoms with Gasteiger partial charge in [0.25, 0.3) is 5.69 Å². The Morgan fingerprint density at radius 2 is 1.94 bits per heavy atom. The van der Waals surface area contributed by atoms with E-state index < -0.39 is 18.1 Å². The first-order chi connectivity index (χ1) is 7.23. The highest BCUT2D eigenvalue weighted by Gasteiger charge is 2.28. The molecule has 0 fully saturated rings. The van der Waals surface area contributed by atoms with Gasteiger partial charge in [0.1, 0.15) is 0 Å². The average molecular weight is 438 g/mol. The molecule has 5 nitrogen and oxygen atoms in total. The molecule has 1 aromatic rings. The lowest BCUT2D eigenvalue weighted by Gasteiger charge is -2.15. The summed E-state index contributed by atoms with van der Waals surface area (Å²) < 4.78 is 19.1. The Hall–Kier alpha value is 0.170. The minimum absolute atomic E-state index is 0.0798. The molecule has 0 saturated heterocycles. The maximum absolute atomic E-state index is 11.0. The molecule has 1 atom stereocenters. The topological polar surface area (TPSA) is 80.4 Å². The first-order valence-corrected chi connectivity index (χ1v) is 7.18. The first kappa shape index (κ1) is 14.2. The van der Waals surface area contributed by atoms with Crippen LogP contribution in [0.2, 0.25) is 0 Å². The van der Waals surface area contributed by atoms with E-state index in [-0.39, 0.29) is 16.1 Å². The number of nitro benzene ring substituents is 1. The van der Waals surface area contributed by atoms with E-state index in [0.29, 0.717) is 0 Å². The van der Waals surface area contributed by atoms with Crippen molar-refractivity contribution in [2.45, 2.75) is 7.04 Å². The van der Waals surface area contributed by atoms with E-state index >= 15 is 0 Å². The van der Waals surface area contributed by atoms with Crippen LogP contribution in [0, 0.1) is 10.1 Å². The van der Waals surface area contributed by atoms with Crippen LogP contribution in [0.5, 0.6) is 0 Å². The van der Waals surface area contributed by atoms with Gasteiger partial charge in [-0.3, -0.25) is 10.1 Å². The summed E-state index contributed by atoms with van der Waals surface area (Å²) >= 11 is 7.24. The van der Waals surface area contributed by atoms with Crippen molar-refractivity contribution in [1.29, 1.82) is 0 Å². The zero-order chi connectivity index (χ0) is 12.5. The molecule has 0 saturated carbocycles. The third kappa shape index (κ3) is 3.33. The van der Waals surface area contributed by atoms with Crippen LogP contribution < -0.4 is 0 Å². The molecule has 1 unspecified atom stereocenters. The highest BCUT2D eigenvalue weighted by atomic mass is 80.0. The minimum atomic E-state index is -2.22. The average Bonchev–Trinajstić information content (AvgIpc) is 2.15. The quantitative estimate of drug-likeness (QED) is 0.332. The van der Waals surface area contributed by atoms with Crippen LogP contribution in [-0.4, -0.2) is 13.7 Å². The molecule has 1 rings (SSSR count). The number of rotatable bonds is 2. The summed E-state index contributed by atoms with van der Waals surface area (Å²) in [5.41, 5.74) is 0.106. The second-order valence-corrected chi connectivity index (χ2v) is 10.4. The molecule has 88 valence electrons. The van der Waals surface area contributed by atoms with Gasteiger partial charge in [0.05, 0.1) is 9.82 Å². The summed E-state index contributed by atoms with van der Waals surface area (Å²) in [6.07, 6.45) is 0. The third-order valence-electron chi connectivity index (χ3n) is 1.67. The van der Waals surface area contributed by atoms with Gasteiger partial charge >= 0.3 is 0 Å². The van der Waals surface area contributed by atoms with Crippen molar-refractivity contribution in [1.82, 2.24) is 0 Å². The zero-order valence-electron chi connectivity index (χ0n) is 7.39. The first-order valence-electron chi connectivity index (χ1n) is 3.70. The monoisotopic (exact) mass is 435 g/mol. The van der Waals surface area contributed by atoms with Gasteiger partial charge in [-0.2, -0.15) is 0 Å². The van der Waals surface area contributed by atoms with Crippen molar-refractivity contribution in [2.75, 3.05) is 0 Å². The summed E-state index contributed by atoms with van der Waals surface area (Å²) in [6, 6.07) is 3.62. The molecule has 0 radical (unpaired) electrons. The van der Waals surface area contributed by atoms with Gasteiger partial charge in [-0.15, -0.1) is 0 Å². The lowest BCUT2D eigenvalue weighted by Crippen LogP contribution is -2.06. The summed E-state index contributed by atoms with van der Waals surface area (Å²) in [5.74, 6) is 0. The van der Waals surface area contributed by atoms with Crippen LogP contribution in [0.1, 0.15) is 5.56 Å². The van der Waals surface area contributed by atoms with Gasteiger partial charge in [0.2, 0.25) is 0 Å². The molecular formula is C7H4Br3NO4S. The molecular weight excluding hydrogens is 434 g/mol. The van der Waals surface area contributed by atoms with Crippen molar-refractivity contribution in [2.24, 2.45) is 0 Å². The molecule has 0 aliphatic heterocycles. The van der Waals surface area contributed by atoms with Crippen molar-refractivity contribution < 1.29 is 13.7 Å². The third-order valence-corrected chi connectivity index (χ3v) is 3.68. The molecule has 16 heavy (non-hydrogen) atoms. The van der Waals surface area contributed by atoms with Gasteiger partial charge < -0.3 is 4.55 Å². The van der Waals surface area contributed by atoms with E-state index in [0.717, 1.165) is 0 Å². The second-order valence-electron chi connectivity index (χ2n) is 2.68. The van der Waals surface area contributed by atoms with Crippen LogP contribution in [0.25, 0.3) is 0 Å². The van der Waals surface area contributed by atoms with Crippen LogP contribution in [-0.2, 0) is 13.2 Å². The maximum atomic E-state index is 11.0. The maximum Gasteiger partial charge on any atom is 0.269 e. The fraction of sp³-hybridized carbons (Fsp3) is 0.143. The molecule has 9 heteroatoms. The van der Waals surface area contributed by atoms with E-state index in [4.69, 9.17) is 4.55 Å². The van der Waals surface area contributed by atoms with E-state index in [1.54, 1.807) is 0 Å². The van der Waals surface area contributed by atoms with Crippen LogP contribution >= 0.6 is 47.8 Å². The highest BCUT2D eigenvalue weighted by molar-refractivity contribution is 9.38. The SMILES string of the molecule is O=[N+]([O-])c1ccc(S(=O)O)c(C(Br)(Br)Br)c1. The summed E-state index contributed by atoms with van der Waals surface area (Å²) in [6.45, 7) is 0. The largest absolute Gasteiger partial charge is 0.302 e. The standard InChI is InChI=1S/C7H4Br3NO4S/c8-7(9,10)5-3-4(11(12)13)1-2-6(5)16(14)15/h1-3H,(H,14,15). The predicted octanol–water partition coefficient (Wildman–Crippen LogP) is 3.47. The molecule has 1 N–H and O–H groups in total. The van der Waals surface area contributed by atoms with E-state index in [2.05, 4.69) is 47.8 Å². The van der Waals surface area contributed by atoms with E-state index in [1.807, 2.05) is 0 Å². The summed E-state index contributed by atoms with van der Waals surface area (Å²) in [5, 5.41) is 10.6. The molecule has 0 spiro atoms. The highest BCUT2D eigenvalue weighted by Crippen LogP contribution is 2.47. The van der Waals surface area contributed by atoms with E-state index in [1.165, 1.54) is 18.2 Å². The van der Waals surface area contributed by atoms with Gasteiger partial charge in [-0.05, 0) is 6.07 Å². The number of non-ortho nitro benzene ring substituents is 1. The van der Waals surface area contributed by atoms with Gasteiger partial charge in [0.15, 0.2) is 13.2 Å². The van der Waals surface area contributed by atoms with Crippen molar-refractivity contribution in [3.8, 4) is 0 Å². The number of hydrogen-bond acceptors (Lipinski definition) is 3. The molecule has 0 aliphatic rings. The molecule has 0 heterocycles. The molecule has 0 bridgehead atoms. The van der Waals surface area contributed by atoms with Crippen LogP contribution in [0.15, 0.2) is 23.1 Å². The fourth-order valence-corrected chi connectivity index (χ4v) is 2.97. The van der Waals surface area contributed by atoms with Crippen LogP contribution in [0.4, 0.5) is 5.69 Å². The fourth-order valence-electron chi connectivity index (χ4n) is 1.01. The number of nitrogens with zero attached hydrogens (tertiary/aromatic N) is 1. The molecule has 1 aromatic carbocycles. The lowest BCUT2D eigenvalue weighted by atomic mass is 10.2. The van der Waals surface area contributed by atoms with E-state index in [9.17, 15) is 14.3 Å². The molecule has 0 amide bonds. The number of halogens is 3. The lowest BCUT2D eigenvalue weighted by molar-refractivity contribution is -0.385. The number of alkyl halides is 3. The summed E-state index contributed by atoms with van der Waals surface area (Å²) in [7, 11) is 0. The normalized spacial score (nSPS) is 13.5. The van der Waals surface area contributed by atoms with Gasteiger partial charge in [-0.1, -0.05) is 47.8 Å². The number of hydrogen-bond donors (Lipinski definition) is 1. The van der Waals surface area contributed by atoms with Crippen molar-refractivity contribution >= 4 is 64.6 Å². The van der Waals surface area contributed by atoms with Crippen molar-refractivity contribution in [3.63, 3.8) is 0 Å². The summed E-state index contributed by atoms with van der Waals surface area (Å²) in [4.78, 5) is 10.1. The second kappa shape index (κ2) is 5.21. The Balaban J connectivity index is 3.45. The Kier molecular flexibility index (Phi) is 4.64. The molecule has 0 aliphatic carbocycles. The van der Waals surface area contributed by atoms with Crippen LogP contribution in [0.3, 0.4) is 0 Å². The zero-order valence-corrected chi connectivity index (χ0v) is 13.0. The molecule has 0 aromatic heterocycles. The minimum Gasteiger partial charge on any atom is -0.302 e.